The molecule has 0 spiro atoms. The third-order valence-corrected chi connectivity index (χ3v) is 3.85. The lowest BCUT2D eigenvalue weighted by molar-refractivity contribution is -0.129. The SMILES string of the molecule is CCC(Br)C(=O)N(C)Cc1c(F)cccc1Cl. The summed E-state index contributed by atoms with van der Waals surface area (Å²) in [4.78, 5) is 13.0. The molecule has 0 aromatic heterocycles. The average molecular weight is 323 g/mol. The molecule has 0 aliphatic heterocycles. The number of benzene rings is 1. The highest BCUT2D eigenvalue weighted by Gasteiger charge is 2.19. The van der Waals surface area contributed by atoms with Gasteiger partial charge in [0.15, 0.2) is 0 Å². The van der Waals surface area contributed by atoms with Gasteiger partial charge in [-0.25, -0.2) is 4.39 Å². The Morgan fingerprint density at radius 2 is 2.24 bits per heavy atom. The number of rotatable bonds is 4. The molecule has 1 aromatic rings. The van der Waals surface area contributed by atoms with E-state index in [1.165, 1.54) is 11.0 Å². The molecule has 0 saturated carbocycles. The first-order valence-electron chi connectivity index (χ1n) is 5.29. The highest BCUT2D eigenvalue weighted by Crippen LogP contribution is 2.21. The van der Waals surface area contributed by atoms with Crippen molar-refractivity contribution < 1.29 is 9.18 Å². The summed E-state index contributed by atoms with van der Waals surface area (Å²) in [6.07, 6.45) is 0.689. The molecule has 1 aromatic carbocycles. The minimum atomic E-state index is -0.389. The first-order chi connectivity index (χ1) is 7.97. The molecular weight excluding hydrogens is 308 g/mol. The van der Waals surface area contributed by atoms with Gasteiger partial charge in [0, 0.05) is 24.2 Å². The summed E-state index contributed by atoms with van der Waals surface area (Å²) in [7, 11) is 1.63. The Kier molecular flexibility index (Phi) is 5.40. The van der Waals surface area contributed by atoms with Crippen molar-refractivity contribution in [3.63, 3.8) is 0 Å². The lowest BCUT2D eigenvalue weighted by Gasteiger charge is -2.20. The van der Waals surface area contributed by atoms with E-state index in [2.05, 4.69) is 15.9 Å². The molecule has 0 fully saturated rings. The Labute approximate surface area is 114 Å². The molecule has 1 rings (SSSR count). The molecule has 1 atom stereocenters. The summed E-state index contributed by atoms with van der Waals surface area (Å²) < 4.78 is 13.5. The highest BCUT2D eigenvalue weighted by molar-refractivity contribution is 9.10. The highest BCUT2D eigenvalue weighted by atomic mass is 79.9. The predicted molar refractivity (Wildman–Crippen MR) is 70.9 cm³/mol. The van der Waals surface area contributed by atoms with E-state index in [-0.39, 0.29) is 23.1 Å². The van der Waals surface area contributed by atoms with Crippen molar-refractivity contribution in [3.05, 3.63) is 34.6 Å². The van der Waals surface area contributed by atoms with Crippen LogP contribution >= 0.6 is 27.5 Å². The number of halogens is 3. The summed E-state index contributed by atoms with van der Waals surface area (Å²) in [5.74, 6) is -0.466. The lowest BCUT2D eigenvalue weighted by Crippen LogP contribution is -2.32. The molecule has 1 unspecified atom stereocenters. The third-order valence-electron chi connectivity index (χ3n) is 2.46. The topological polar surface area (TPSA) is 20.3 Å². The molecule has 17 heavy (non-hydrogen) atoms. The number of hydrogen-bond donors (Lipinski definition) is 0. The van der Waals surface area contributed by atoms with Gasteiger partial charge in [-0.05, 0) is 18.6 Å². The Bertz CT molecular complexity index is 393. The molecule has 1 amide bonds. The molecule has 2 nitrogen and oxygen atoms in total. The standard InChI is InChI=1S/C12H14BrClFNO/c1-3-9(13)12(17)16(2)7-8-10(14)5-4-6-11(8)15/h4-6,9H,3,7H2,1-2H3. The van der Waals surface area contributed by atoms with Crippen LogP contribution in [0.15, 0.2) is 18.2 Å². The zero-order valence-corrected chi connectivity index (χ0v) is 12.1. The molecule has 0 radical (unpaired) electrons. The van der Waals surface area contributed by atoms with Crippen LogP contribution in [-0.4, -0.2) is 22.7 Å². The maximum atomic E-state index is 13.5. The van der Waals surface area contributed by atoms with Gasteiger partial charge in [-0.15, -0.1) is 0 Å². The Morgan fingerprint density at radius 1 is 1.59 bits per heavy atom. The second-order valence-electron chi connectivity index (χ2n) is 3.77. The third kappa shape index (κ3) is 3.68. The van der Waals surface area contributed by atoms with Gasteiger partial charge in [0.25, 0.3) is 0 Å². The molecule has 94 valence electrons. The number of carbonyl (C=O) groups excluding carboxylic acids is 1. The van der Waals surface area contributed by atoms with Gasteiger partial charge in [0.2, 0.25) is 5.91 Å². The minimum Gasteiger partial charge on any atom is -0.340 e. The summed E-state index contributed by atoms with van der Waals surface area (Å²) >= 11 is 9.18. The first kappa shape index (κ1) is 14.5. The Balaban J connectivity index is 2.81. The van der Waals surface area contributed by atoms with Crippen molar-refractivity contribution in [2.75, 3.05) is 7.05 Å². The van der Waals surface area contributed by atoms with E-state index >= 15 is 0 Å². The van der Waals surface area contributed by atoms with Crippen LogP contribution in [0.4, 0.5) is 4.39 Å². The van der Waals surface area contributed by atoms with Gasteiger partial charge in [-0.2, -0.15) is 0 Å². The second-order valence-corrected chi connectivity index (χ2v) is 5.28. The van der Waals surface area contributed by atoms with E-state index in [4.69, 9.17) is 11.6 Å². The van der Waals surface area contributed by atoms with Crippen molar-refractivity contribution in [1.82, 2.24) is 4.90 Å². The molecule has 0 aliphatic rings. The normalized spacial score (nSPS) is 12.3. The Hall–Kier alpha value is -0.610. The van der Waals surface area contributed by atoms with Crippen LogP contribution in [0.25, 0.3) is 0 Å². The maximum Gasteiger partial charge on any atom is 0.236 e. The fourth-order valence-electron chi connectivity index (χ4n) is 1.41. The van der Waals surface area contributed by atoms with Crippen molar-refractivity contribution >= 4 is 33.4 Å². The molecule has 0 aliphatic carbocycles. The van der Waals surface area contributed by atoms with Crippen LogP contribution in [0.2, 0.25) is 5.02 Å². The van der Waals surface area contributed by atoms with Gasteiger partial charge < -0.3 is 4.90 Å². The second kappa shape index (κ2) is 6.36. The van der Waals surface area contributed by atoms with Crippen LogP contribution in [-0.2, 0) is 11.3 Å². The molecular formula is C12H14BrClFNO. The number of hydrogen-bond acceptors (Lipinski definition) is 1. The first-order valence-corrected chi connectivity index (χ1v) is 6.58. The van der Waals surface area contributed by atoms with Crippen molar-refractivity contribution in [2.45, 2.75) is 24.7 Å². The maximum absolute atomic E-state index is 13.5. The van der Waals surface area contributed by atoms with Crippen LogP contribution in [0, 0.1) is 5.82 Å². The van der Waals surface area contributed by atoms with Crippen LogP contribution in [0.5, 0.6) is 0 Å². The Morgan fingerprint density at radius 3 is 2.76 bits per heavy atom. The molecule has 0 saturated heterocycles. The largest absolute Gasteiger partial charge is 0.340 e. The fraction of sp³-hybridized carbons (Fsp3) is 0.417. The van der Waals surface area contributed by atoms with Crippen molar-refractivity contribution in [1.29, 1.82) is 0 Å². The number of carbonyl (C=O) groups is 1. The van der Waals surface area contributed by atoms with Crippen molar-refractivity contribution in [3.8, 4) is 0 Å². The lowest BCUT2D eigenvalue weighted by atomic mass is 10.2. The zero-order chi connectivity index (χ0) is 13.0. The minimum absolute atomic E-state index is 0.0770. The number of nitrogens with zero attached hydrogens (tertiary/aromatic N) is 1. The van der Waals surface area contributed by atoms with E-state index in [0.29, 0.717) is 17.0 Å². The summed E-state index contributed by atoms with van der Waals surface area (Å²) in [6, 6.07) is 4.50. The molecule has 0 bridgehead atoms. The quantitative estimate of drug-likeness (QED) is 0.776. The smallest absolute Gasteiger partial charge is 0.236 e. The summed E-state index contributed by atoms with van der Waals surface area (Å²) in [5.41, 5.74) is 0.348. The van der Waals surface area contributed by atoms with Crippen LogP contribution in [0.3, 0.4) is 0 Å². The van der Waals surface area contributed by atoms with E-state index in [0.717, 1.165) is 0 Å². The summed E-state index contributed by atoms with van der Waals surface area (Å²) in [6.45, 7) is 2.08. The zero-order valence-electron chi connectivity index (χ0n) is 9.71. The van der Waals surface area contributed by atoms with Gasteiger partial charge in [0.05, 0.1) is 4.83 Å². The predicted octanol–water partition coefficient (Wildman–Crippen LogP) is 3.61. The van der Waals surface area contributed by atoms with Crippen molar-refractivity contribution in [2.24, 2.45) is 0 Å². The van der Waals surface area contributed by atoms with E-state index < -0.39 is 0 Å². The van der Waals surface area contributed by atoms with Crippen LogP contribution < -0.4 is 0 Å². The van der Waals surface area contributed by atoms with E-state index in [9.17, 15) is 9.18 Å². The summed E-state index contributed by atoms with van der Waals surface area (Å²) in [5, 5.41) is 0.340. The molecule has 0 N–H and O–H groups in total. The van der Waals surface area contributed by atoms with Gasteiger partial charge in [0.1, 0.15) is 5.82 Å². The fourth-order valence-corrected chi connectivity index (χ4v) is 1.98. The van der Waals surface area contributed by atoms with E-state index in [1.54, 1.807) is 19.2 Å². The van der Waals surface area contributed by atoms with Gasteiger partial charge in [-0.3, -0.25) is 4.79 Å². The van der Waals surface area contributed by atoms with Crippen LogP contribution in [0.1, 0.15) is 18.9 Å². The average Bonchev–Trinajstić information content (AvgIpc) is 2.31. The monoisotopic (exact) mass is 321 g/mol. The van der Waals surface area contributed by atoms with Gasteiger partial charge in [-0.1, -0.05) is 40.5 Å². The molecule has 0 heterocycles. The van der Waals surface area contributed by atoms with E-state index in [1.807, 2.05) is 6.92 Å². The van der Waals surface area contributed by atoms with Gasteiger partial charge >= 0.3 is 0 Å². The number of alkyl halides is 1. The number of amides is 1. The molecule has 5 heteroatoms.